The Balaban J connectivity index is 2.54. The van der Waals surface area contributed by atoms with Crippen molar-refractivity contribution in [2.75, 3.05) is 7.11 Å². The minimum atomic E-state index is -1.14. The maximum absolute atomic E-state index is 10.8. The molecule has 0 amide bonds. The summed E-state index contributed by atoms with van der Waals surface area (Å²) < 4.78 is 11.0. The summed E-state index contributed by atoms with van der Waals surface area (Å²) in [5.41, 5.74) is 2.27. The van der Waals surface area contributed by atoms with Crippen LogP contribution in [-0.2, 0) is 0 Å². The van der Waals surface area contributed by atoms with E-state index in [-0.39, 0.29) is 11.7 Å². The number of halogens is 1. The molecule has 0 aliphatic heterocycles. The van der Waals surface area contributed by atoms with Gasteiger partial charge in [0.2, 0.25) is 5.76 Å². The van der Waals surface area contributed by atoms with Crippen LogP contribution in [0.25, 0.3) is 11.3 Å². The van der Waals surface area contributed by atoms with E-state index in [1.54, 1.807) is 7.11 Å². The molecule has 0 spiro atoms. The van der Waals surface area contributed by atoms with E-state index in [9.17, 15) is 4.79 Å². The number of rotatable bonds is 4. The Morgan fingerprint density at radius 1 is 1.40 bits per heavy atom. The third kappa shape index (κ3) is 2.70. The number of nitrogens with zero attached hydrogens (tertiary/aromatic N) is 1. The van der Waals surface area contributed by atoms with Crippen molar-refractivity contribution in [2.45, 2.75) is 19.8 Å². The van der Waals surface area contributed by atoms with Crippen LogP contribution in [0, 0.1) is 0 Å². The maximum Gasteiger partial charge on any atom is 0.374 e. The summed E-state index contributed by atoms with van der Waals surface area (Å²) in [6.45, 7) is 4.11. The molecule has 0 bridgehead atoms. The van der Waals surface area contributed by atoms with Crippen LogP contribution in [0.3, 0.4) is 0 Å². The molecule has 20 heavy (non-hydrogen) atoms. The molecule has 0 aliphatic rings. The van der Waals surface area contributed by atoms with Gasteiger partial charge in [-0.05, 0) is 39.5 Å². The Kier molecular flexibility index (Phi) is 4.13. The number of carboxylic acid groups (broad SMARTS) is 1. The molecule has 0 fully saturated rings. The third-order valence-electron chi connectivity index (χ3n) is 2.92. The monoisotopic (exact) mass is 339 g/mol. The average molecular weight is 340 g/mol. The van der Waals surface area contributed by atoms with E-state index in [1.807, 2.05) is 12.1 Å². The number of hydrogen-bond acceptors (Lipinski definition) is 4. The first kappa shape index (κ1) is 14.6. The highest BCUT2D eigenvalue weighted by atomic mass is 79.9. The Morgan fingerprint density at radius 2 is 2.10 bits per heavy atom. The number of carbonyl (C=O) groups is 1. The van der Waals surface area contributed by atoms with Crippen LogP contribution < -0.4 is 4.74 Å². The highest BCUT2D eigenvalue weighted by molar-refractivity contribution is 9.10. The molecular formula is C14H14BrNO4. The molecule has 0 unspecified atom stereocenters. The first-order valence-corrected chi connectivity index (χ1v) is 6.81. The zero-order valence-corrected chi connectivity index (χ0v) is 12.9. The van der Waals surface area contributed by atoms with Gasteiger partial charge in [0.25, 0.3) is 0 Å². The fourth-order valence-corrected chi connectivity index (χ4v) is 2.56. The average Bonchev–Trinajstić information content (AvgIpc) is 2.87. The van der Waals surface area contributed by atoms with Gasteiger partial charge in [-0.3, -0.25) is 0 Å². The lowest BCUT2D eigenvalue weighted by molar-refractivity contribution is 0.0652. The lowest BCUT2D eigenvalue weighted by Gasteiger charge is -2.14. The number of benzene rings is 1. The van der Waals surface area contributed by atoms with Gasteiger partial charge >= 0.3 is 5.97 Å². The molecule has 1 aromatic carbocycles. The molecule has 0 aliphatic carbocycles. The Bertz CT molecular complexity index is 649. The van der Waals surface area contributed by atoms with Gasteiger partial charge < -0.3 is 14.4 Å². The fraction of sp³-hybridized carbons (Fsp3) is 0.286. The van der Waals surface area contributed by atoms with E-state index in [0.29, 0.717) is 5.69 Å². The molecule has 0 radical (unpaired) electrons. The van der Waals surface area contributed by atoms with E-state index in [2.05, 4.69) is 34.9 Å². The minimum Gasteiger partial charge on any atom is -0.495 e. The minimum absolute atomic E-state index is 0.182. The van der Waals surface area contributed by atoms with E-state index < -0.39 is 5.97 Å². The van der Waals surface area contributed by atoms with Crippen molar-refractivity contribution >= 4 is 21.9 Å². The van der Waals surface area contributed by atoms with E-state index in [0.717, 1.165) is 21.3 Å². The second-order valence-electron chi connectivity index (χ2n) is 4.62. The first-order chi connectivity index (χ1) is 9.43. The Labute approximate surface area is 124 Å². The largest absolute Gasteiger partial charge is 0.495 e. The molecule has 6 heteroatoms. The lowest BCUT2D eigenvalue weighted by atomic mass is 9.98. The predicted octanol–water partition coefficient (Wildman–Crippen LogP) is 3.93. The van der Waals surface area contributed by atoms with Gasteiger partial charge in [-0.1, -0.05) is 19.0 Å². The topological polar surface area (TPSA) is 72.6 Å². The summed E-state index contributed by atoms with van der Waals surface area (Å²) >= 11 is 3.46. The Hall–Kier alpha value is -1.82. The standard InChI is InChI=1S/C14H14BrNO4/c1-7(2)9-4-8(5-10(15)13(9)19-3)11-6-12(14(17)18)20-16-11/h4-7H,1-3H3,(H,17,18). The summed E-state index contributed by atoms with van der Waals surface area (Å²) in [4.78, 5) is 10.8. The SMILES string of the molecule is COc1c(Br)cc(-c2cc(C(=O)O)on2)cc1C(C)C. The van der Waals surface area contributed by atoms with E-state index in [4.69, 9.17) is 14.4 Å². The van der Waals surface area contributed by atoms with E-state index in [1.165, 1.54) is 6.07 Å². The van der Waals surface area contributed by atoms with Crippen molar-refractivity contribution in [3.05, 3.63) is 34.0 Å². The number of methoxy groups -OCH3 is 1. The Morgan fingerprint density at radius 3 is 2.60 bits per heavy atom. The highest BCUT2D eigenvalue weighted by Gasteiger charge is 2.17. The molecular weight excluding hydrogens is 326 g/mol. The predicted molar refractivity (Wildman–Crippen MR) is 77.2 cm³/mol. The molecule has 2 rings (SSSR count). The van der Waals surface area contributed by atoms with Crippen LogP contribution in [0.5, 0.6) is 5.75 Å². The van der Waals surface area contributed by atoms with Gasteiger partial charge in [0.05, 0.1) is 11.6 Å². The second-order valence-corrected chi connectivity index (χ2v) is 5.47. The molecule has 106 valence electrons. The van der Waals surface area contributed by atoms with E-state index >= 15 is 0 Å². The molecule has 1 aromatic heterocycles. The van der Waals surface area contributed by atoms with Crippen LogP contribution in [0.4, 0.5) is 0 Å². The summed E-state index contributed by atoms with van der Waals surface area (Å²) in [5.74, 6) is -0.295. The van der Waals surface area contributed by atoms with Gasteiger partial charge in [0.1, 0.15) is 11.4 Å². The number of ether oxygens (including phenoxy) is 1. The van der Waals surface area contributed by atoms with Crippen molar-refractivity contribution in [3.63, 3.8) is 0 Å². The van der Waals surface area contributed by atoms with Gasteiger partial charge in [-0.2, -0.15) is 0 Å². The highest BCUT2D eigenvalue weighted by Crippen LogP contribution is 2.37. The first-order valence-electron chi connectivity index (χ1n) is 6.01. The van der Waals surface area contributed by atoms with Gasteiger partial charge in [-0.25, -0.2) is 4.79 Å². The molecule has 5 nitrogen and oxygen atoms in total. The van der Waals surface area contributed by atoms with Crippen molar-refractivity contribution in [2.24, 2.45) is 0 Å². The lowest BCUT2D eigenvalue weighted by Crippen LogP contribution is -1.96. The van der Waals surface area contributed by atoms with Crippen LogP contribution >= 0.6 is 15.9 Å². The smallest absolute Gasteiger partial charge is 0.374 e. The zero-order valence-electron chi connectivity index (χ0n) is 11.3. The van der Waals surface area contributed by atoms with Crippen LogP contribution in [0.1, 0.15) is 35.9 Å². The van der Waals surface area contributed by atoms with Crippen molar-refractivity contribution in [3.8, 4) is 17.0 Å². The molecule has 1 N–H and O–H groups in total. The van der Waals surface area contributed by atoms with Crippen molar-refractivity contribution in [1.29, 1.82) is 0 Å². The molecule has 0 atom stereocenters. The fourth-order valence-electron chi connectivity index (χ4n) is 1.92. The zero-order chi connectivity index (χ0) is 14.9. The summed E-state index contributed by atoms with van der Waals surface area (Å²) in [7, 11) is 1.62. The molecule has 1 heterocycles. The molecule has 2 aromatic rings. The number of carboxylic acids is 1. The summed E-state index contributed by atoms with van der Waals surface area (Å²) in [6.07, 6.45) is 0. The van der Waals surface area contributed by atoms with Crippen LogP contribution in [-0.4, -0.2) is 23.3 Å². The molecule has 0 saturated heterocycles. The van der Waals surface area contributed by atoms with Crippen molar-refractivity contribution < 1.29 is 19.2 Å². The van der Waals surface area contributed by atoms with Crippen LogP contribution in [0.15, 0.2) is 27.2 Å². The number of aromatic carboxylic acids is 1. The van der Waals surface area contributed by atoms with Gasteiger partial charge in [0, 0.05) is 11.6 Å². The molecule has 0 saturated carbocycles. The quantitative estimate of drug-likeness (QED) is 0.913. The third-order valence-corrected chi connectivity index (χ3v) is 3.50. The van der Waals surface area contributed by atoms with Crippen LogP contribution in [0.2, 0.25) is 0 Å². The maximum atomic E-state index is 10.8. The summed E-state index contributed by atoms with van der Waals surface area (Å²) in [6, 6.07) is 5.16. The van der Waals surface area contributed by atoms with Gasteiger partial charge in [-0.15, -0.1) is 0 Å². The summed E-state index contributed by atoms with van der Waals surface area (Å²) in [5, 5.41) is 12.6. The second kappa shape index (κ2) is 5.66. The number of hydrogen-bond donors (Lipinski definition) is 1. The normalized spacial score (nSPS) is 10.8. The van der Waals surface area contributed by atoms with Gasteiger partial charge in [0.15, 0.2) is 0 Å². The number of aromatic nitrogens is 1. The van der Waals surface area contributed by atoms with Crippen molar-refractivity contribution in [1.82, 2.24) is 5.16 Å².